The van der Waals surface area contributed by atoms with E-state index in [1.165, 1.54) is 16.7 Å². The third-order valence-electron chi connectivity index (χ3n) is 7.52. The van der Waals surface area contributed by atoms with Crippen LogP contribution in [0.5, 0.6) is 0 Å². The lowest BCUT2D eigenvalue weighted by molar-refractivity contribution is -0.147. The van der Waals surface area contributed by atoms with Crippen LogP contribution >= 0.6 is 0 Å². The van der Waals surface area contributed by atoms with E-state index in [1.807, 2.05) is 0 Å². The maximum absolute atomic E-state index is 15.4. The van der Waals surface area contributed by atoms with Crippen molar-refractivity contribution in [3.63, 3.8) is 0 Å². The summed E-state index contributed by atoms with van der Waals surface area (Å²) in [6.45, 7) is 2.78. The Labute approximate surface area is 214 Å². The number of carbonyl (C=O) groups excluding carboxylic acids is 2. The highest BCUT2D eigenvalue weighted by molar-refractivity contribution is 7.89. The monoisotopic (exact) mass is 536 g/mol. The summed E-state index contributed by atoms with van der Waals surface area (Å²) >= 11 is 0. The van der Waals surface area contributed by atoms with Gasteiger partial charge in [-0.15, -0.1) is 0 Å². The van der Waals surface area contributed by atoms with Crippen LogP contribution in [-0.2, 0) is 31.6 Å². The molecule has 3 N–H and O–H groups in total. The van der Waals surface area contributed by atoms with E-state index in [0.29, 0.717) is 18.4 Å². The molecule has 2 aliphatic rings. The molecule has 1 saturated heterocycles. The molecule has 1 aliphatic heterocycles. The van der Waals surface area contributed by atoms with Crippen LogP contribution in [-0.4, -0.2) is 46.4 Å². The Morgan fingerprint density at radius 2 is 1.76 bits per heavy atom. The quantitative estimate of drug-likeness (QED) is 0.284. The minimum Gasteiger partial charge on any atom is -0.390 e. The van der Waals surface area contributed by atoms with Crippen molar-refractivity contribution in [2.45, 2.75) is 74.8 Å². The molecular formula is C26H30F2N2O6S. The smallest absolute Gasteiger partial charge is 0.250 e. The molecule has 2 aromatic carbocycles. The Morgan fingerprint density at radius 3 is 2.35 bits per heavy atom. The van der Waals surface area contributed by atoms with E-state index in [9.17, 15) is 23.1 Å². The molecule has 2 aromatic rings. The van der Waals surface area contributed by atoms with Gasteiger partial charge in [-0.2, -0.15) is 4.31 Å². The van der Waals surface area contributed by atoms with Crippen molar-refractivity contribution in [3.8, 4) is 0 Å². The lowest BCUT2D eigenvalue weighted by Crippen LogP contribution is -2.58. The van der Waals surface area contributed by atoms with Gasteiger partial charge in [-0.1, -0.05) is 30.3 Å². The predicted molar refractivity (Wildman–Crippen MR) is 130 cm³/mol. The van der Waals surface area contributed by atoms with Crippen molar-refractivity contribution in [1.29, 1.82) is 0 Å². The molecule has 0 spiro atoms. The molecule has 200 valence electrons. The molecule has 4 rings (SSSR count). The minimum absolute atomic E-state index is 0.188. The molecule has 11 heteroatoms. The van der Waals surface area contributed by atoms with Crippen molar-refractivity contribution in [2.75, 3.05) is 0 Å². The molecule has 2 atom stereocenters. The number of halogens is 2. The average Bonchev–Trinajstić information content (AvgIpc) is 2.82. The van der Waals surface area contributed by atoms with Crippen LogP contribution in [0.3, 0.4) is 0 Å². The van der Waals surface area contributed by atoms with E-state index in [0.717, 1.165) is 12.1 Å². The highest BCUT2D eigenvalue weighted by Gasteiger charge is 2.58. The summed E-state index contributed by atoms with van der Waals surface area (Å²) in [6.07, 6.45) is -0.292. The number of carbonyl (C=O) groups is 2. The lowest BCUT2D eigenvalue weighted by atomic mass is 9.54. The van der Waals surface area contributed by atoms with Crippen molar-refractivity contribution >= 4 is 21.7 Å². The van der Waals surface area contributed by atoms with E-state index in [4.69, 9.17) is 5.21 Å². The lowest BCUT2D eigenvalue weighted by Gasteiger charge is -2.51. The summed E-state index contributed by atoms with van der Waals surface area (Å²) in [5, 5.41) is 18.3. The van der Waals surface area contributed by atoms with Gasteiger partial charge in [0.2, 0.25) is 10.0 Å². The largest absolute Gasteiger partial charge is 0.390 e. The zero-order valence-electron chi connectivity index (χ0n) is 20.6. The molecule has 1 heterocycles. The van der Waals surface area contributed by atoms with Crippen LogP contribution in [0.25, 0.3) is 0 Å². The molecule has 1 amide bonds. The van der Waals surface area contributed by atoms with E-state index in [-0.39, 0.29) is 30.5 Å². The summed E-state index contributed by atoms with van der Waals surface area (Å²) in [5.74, 6) is -3.61. The van der Waals surface area contributed by atoms with Gasteiger partial charge in [0, 0.05) is 23.7 Å². The predicted octanol–water partition coefficient (Wildman–Crippen LogP) is 3.27. The first kappa shape index (κ1) is 27.3. The Kier molecular flexibility index (Phi) is 7.28. The topological polar surface area (TPSA) is 124 Å². The Hall–Kier alpha value is -2.73. The molecule has 8 nitrogen and oxygen atoms in total. The Balaban J connectivity index is 1.66. The van der Waals surface area contributed by atoms with Gasteiger partial charge < -0.3 is 5.11 Å². The fourth-order valence-corrected chi connectivity index (χ4v) is 7.92. The number of benzene rings is 2. The summed E-state index contributed by atoms with van der Waals surface area (Å²) in [6, 6.07) is 10.0. The Morgan fingerprint density at radius 1 is 1.11 bits per heavy atom. The second-order valence-electron chi connectivity index (χ2n) is 10.4. The van der Waals surface area contributed by atoms with E-state index in [2.05, 4.69) is 0 Å². The number of aliphatic hydroxyl groups is 1. The van der Waals surface area contributed by atoms with Crippen LogP contribution in [0.2, 0.25) is 0 Å². The zero-order valence-corrected chi connectivity index (χ0v) is 21.4. The van der Waals surface area contributed by atoms with Gasteiger partial charge >= 0.3 is 0 Å². The number of sulfonamides is 1. The fraction of sp³-hybridized carbons (Fsp3) is 0.462. The summed E-state index contributed by atoms with van der Waals surface area (Å²) in [5.41, 5.74) is -1.50. The molecule has 2 fully saturated rings. The third-order valence-corrected chi connectivity index (χ3v) is 9.89. The summed E-state index contributed by atoms with van der Waals surface area (Å²) < 4.78 is 59.0. The molecule has 0 bridgehead atoms. The highest BCUT2D eigenvalue weighted by Crippen LogP contribution is 2.52. The number of nitrogens with one attached hydrogen (secondary N) is 1. The van der Waals surface area contributed by atoms with Gasteiger partial charge in [0.1, 0.15) is 16.9 Å². The van der Waals surface area contributed by atoms with Crippen molar-refractivity contribution in [3.05, 3.63) is 70.8 Å². The molecular weight excluding hydrogens is 506 g/mol. The van der Waals surface area contributed by atoms with Gasteiger partial charge in [0.25, 0.3) is 5.91 Å². The first-order valence-corrected chi connectivity index (χ1v) is 13.5. The van der Waals surface area contributed by atoms with Crippen molar-refractivity contribution in [1.82, 2.24) is 9.79 Å². The zero-order chi connectivity index (χ0) is 27.2. The Bertz CT molecular complexity index is 1310. The first-order valence-electron chi connectivity index (χ1n) is 12.0. The van der Waals surface area contributed by atoms with Crippen LogP contribution in [0.1, 0.15) is 67.9 Å². The molecule has 1 aliphatic carbocycles. The summed E-state index contributed by atoms with van der Waals surface area (Å²) in [7, 11) is -3.88. The standard InChI is InChI=1S/C26H30F2N2O6S/c1-16-8-9-22(17-6-4-3-5-7-17)37(35,36)30(16)13-18-10-21(28)19(11-20(18)27)26(14-25(2,33)15-26)23(31)12-24(32)29-34/h3-7,10-11,16,22,33-34H,8-9,12-15H2,1-2H3,(H,29,32)/t16-,22+,25?,26?/m0/s1. The van der Waals surface area contributed by atoms with Gasteiger partial charge in [-0.05, 0) is 57.2 Å². The van der Waals surface area contributed by atoms with Crippen LogP contribution in [0.15, 0.2) is 42.5 Å². The van der Waals surface area contributed by atoms with Gasteiger partial charge in [-0.3, -0.25) is 14.8 Å². The van der Waals surface area contributed by atoms with Crippen molar-refractivity contribution in [2.24, 2.45) is 0 Å². The highest BCUT2D eigenvalue weighted by atomic mass is 32.2. The molecule has 0 aromatic heterocycles. The maximum atomic E-state index is 15.4. The normalized spacial score (nSPS) is 29.4. The van der Waals surface area contributed by atoms with Crippen LogP contribution in [0.4, 0.5) is 8.78 Å². The number of amides is 1. The van der Waals surface area contributed by atoms with E-state index < -0.39 is 62.1 Å². The molecule has 37 heavy (non-hydrogen) atoms. The van der Waals surface area contributed by atoms with Crippen LogP contribution in [0, 0.1) is 11.6 Å². The molecule has 0 unspecified atom stereocenters. The number of Topliss-reactive ketones (excluding diaryl/α,β-unsaturated/α-hetero) is 1. The van der Waals surface area contributed by atoms with E-state index in [1.54, 1.807) is 37.3 Å². The summed E-state index contributed by atoms with van der Waals surface area (Å²) in [4.78, 5) is 24.5. The first-order chi connectivity index (χ1) is 17.3. The number of hydrogen-bond acceptors (Lipinski definition) is 6. The van der Waals surface area contributed by atoms with E-state index >= 15 is 8.78 Å². The number of ketones is 1. The third kappa shape index (κ3) is 5.05. The fourth-order valence-electron chi connectivity index (χ4n) is 5.74. The van der Waals surface area contributed by atoms with Crippen LogP contribution < -0.4 is 5.48 Å². The second kappa shape index (κ2) is 9.86. The average molecular weight is 537 g/mol. The maximum Gasteiger partial charge on any atom is 0.250 e. The molecule has 1 saturated carbocycles. The van der Waals surface area contributed by atoms with Gasteiger partial charge in [-0.25, -0.2) is 22.7 Å². The number of hydrogen-bond donors (Lipinski definition) is 3. The number of hydroxylamine groups is 1. The minimum atomic E-state index is -3.88. The number of rotatable bonds is 7. The molecule has 0 radical (unpaired) electrons. The SMILES string of the molecule is C[C@H]1CC[C@H](c2ccccc2)S(=O)(=O)N1Cc1cc(F)c(C2(C(=O)CC(=O)NO)CC(C)(O)C2)cc1F. The van der Waals surface area contributed by atoms with Gasteiger partial charge in [0.15, 0.2) is 5.78 Å². The van der Waals surface area contributed by atoms with Crippen molar-refractivity contribution < 1.29 is 37.1 Å². The number of nitrogens with zero attached hydrogens (tertiary/aromatic N) is 1. The second-order valence-corrected chi connectivity index (χ2v) is 12.5. The van der Waals surface area contributed by atoms with Gasteiger partial charge in [0.05, 0.1) is 17.4 Å².